The Morgan fingerprint density at radius 2 is 2.40 bits per heavy atom. The highest BCUT2D eigenvalue weighted by Gasteiger charge is 1.99. The van der Waals surface area contributed by atoms with Crippen LogP contribution in [0.25, 0.3) is 0 Å². The van der Waals surface area contributed by atoms with Crippen molar-refractivity contribution in [1.82, 2.24) is 0 Å². The Labute approximate surface area is 88.6 Å². The number of benzene rings is 1. The minimum atomic E-state index is -0.451. The summed E-state index contributed by atoms with van der Waals surface area (Å²) in [6.07, 6.45) is 1.15. The van der Waals surface area contributed by atoms with Crippen molar-refractivity contribution in [3.63, 3.8) is 0 Å². The van der Waals surface area contributed by atoms with Crippen LogP contribution in [0.4, 0.5) is 0 Å². The molecule has 3 nitrogen and oxygen atoms in total. The summed E-state index contributed by atoms with van der Waals surface area (Å²) in [5.41, 5.74) is 3.23. The fraction of sp³-hybridized carbons (Fsp3) is 0.167. The predicted octanol–water partition coefficient (Wildman–Crippen LogP) is 2.08. The van der Waals surface area contributed by atoms with Gasteiger partial charge in [0.25, 0.3) is 0 Å². The highest BCUT2D eigenvalue weighted by atomic mass is 16.5. The molecule has 0 heterocycles. The maximum absolute atomic E-state index is 11.0. The molecule has 0 unspecified atom stereocenters. The maximum Gasteiger partial charge on any atom is 0.338 e. The second-order valence-electron chi connectivity index (χ2n) is 2.81. The molecule has 0 amide bonds. The predicted molar refractivity (Wildman–Crippen MR) is 56.5 cm³/mol. The number of rotatable bonds is 4. The summed E-state index contributed by atoms with van der Waals surface area (Å²) in [6, 6.07) is 7.33. The Hall–Kier alpha value is -1.99. The average molecular weight is 204 g/mol. The second-order valence-corrected chi connectivity index (χ2v) is 2.81. The van der Waals surface area contributed by atoms with E-state index in [-0.39, 0.29) is 6.61 Å². The fourth-order valence-electron chi connectivity index (χ4n) is 1.04. The molecule has 78 valence electrons. The molecule has 1 rings (SSSR count). The molecular formula is C12H12O3. The van der Waals surface area contributed by atoms with E-state index in [2.05, 4.69) is 12.3 Å². The third kappa shape index (κ3) is 3.71. The molecular weight excluding hydrogens is 192 g/mol. The van der Waals surface area contributed by atoms with E-state index < -0.39 is 5.97 Å². The molecule has 0 radical (unpaired) electrons. The van der Waals surface area contributed by atoms with E-state index in [1.165, 1.54) is 0 Å². The minimum Gasteiger partial charge on any atom is -0.497 e. The third-order valence-electron chi connectivity index (χ3n) is 1.74. The van der Waals surface area contributed by atoms with Gasteiger partial charge >= 0.3 is 5.97 Å². The molecule has 1 aromatic carbocycles. The number of carbonyl (C=O) groups excluding carboxylic acids is 1. The molecule has 0 aromatic heterocycles. The summed E-state index contributed by atoms with van der Waals surface area (Å²) in [5.74, 6) is 0.288. The van der Waals surface area contributed by atoms with Crippen LogP contribution in [0, 0.1) is 0 Å². The van der Waals surface area contributed by atoms with Gasteiger partial charge in [0, 0.05) is 0 Å². The van der Waals surface area contributed by atoms with Crippen LogP contribution in [-0.4, -0.2) is 13.1 Å². The molecule has 0 fully saturated rings. The van der Waals surface area contributed by atoms with Crippen molar-refractivity contribution in [2.45, 2.75) is 6.61 Å². The summed E-state index contributed by atoms with van der Waals surface area (Å²) >= 11 is 0. The second kappa shape index (κ2) is 5.68. The first-order chi connectivity index (χ1) is 7.26. The molecule has 0 saturated carbocycles. The van der Waals surface area contributed by atoms with Crippen molar-refractivity contribution in [2.24, 2.45) is 0 Å². The molecule has 0 bridgehead atoms. The van der Waals surface area contributed by atoms with Crippen molar-refractivity contribution in [3.8, 4) is 5.75 Å². The van der Waals surface area contributed by atoms with Gasteiger partial charge in [-0.15, -0.1) is 5.73 Å². The van der Waals surface area contributed by atoms with Crippen LogP contribution >= 0.6 is 0 Å². The van der Waals surface area contributed by atoms with Crippen molar-refractivity contribution in [2.75, 3.05) is 7.11 Å². The van der Waals surface area contributed by atoms with Gasteiger partial charge in [0.15, 0.2) is 0 Å². The molecule has 1 aromatic rings. The monoisotopic (exact) mass is 204 g/mol. The summed E-state index contributed by atoms with van der Waals surface area (Å²) in [7, 11) is 1.59. The first-order valence-corrected chi connectivity index (χ1v) is 4.42. The lowest BCUT2D eigenvalue weighted by atomic mass is 10.2. The van der Waals surface area contributed by atoms with E-state index >= 15 is 0 Å². The lowest BCUT2D eigenvalue weighted by Crippen LogP contribution is -2.00. The van der Waals surface area contributed by atoms with Gasteiger partial charge < -0.3 is 9.47 Å². The standard InChI is InChI=1S/C12H12O3/c1-3-5-12(13)15-9-10-6-4-7-11(8-10)14-2/h4-8H,1,9H2,2H3. The smallest absolute Gasteiger partial charge is 0.338 e. The van der Waals surface area contributed by atoms with Crippen LogP contribution < -0.4 is 4.74 Å². The van der Waals surface area contributed by atoms with Crippen molar-refractivity contribution in [1.29, 1.82) is 0 Å². The van der Waals surface area contributed by atoms with Crippen molar-refractivity contribution >= 4 is 5.97 Å². The van der Waals surface area contributed by atoms with Gasteiger partial charge in [-0.25, -0.2) is 4.79 Å². The number of carbonyl (C=O) groups is 1. The van der Waals surface area contributed by atoms with Crippen LogP contribution in [0.5, 0.6) is 5.75 Å². The molecule has 0 aliphatic heterocycles. The summed E-state index contributed by atoms with van der Waals surface area (Å²) in [4.78, 5) is 11.0. The van der Waals surface area contributed by atoms with E-state index in [1.54, 1.807) is 7.11 Å². The Bertz CT molecular complexity index is 390. The number of hydrogen-bond donors (Lipinski definition) is 0. The SMILES string of the molecule is C=C=CC(=O)OCc1cccc(OC)c1. The van der Waals surface area contributed by atoms with Gasteiger partial charge in [0.2, 0.25) is 0 Å². The van der Waals surface area contributed by atoms with Crippen molar-refractivity contribution in [3.05, 3.63) is 48.2 Å². The van der Waals surface area contributed by atoms with Gasteiger partial charge in [0.1, 0.15) is 12.4 Å². The Kier molecular flexibility index (Phi) is 4.20. The van der Waals surface area contributed by atoms with Crippen LogP contribution in [0.15, 0.2) is 42.7 Å². The van der Waals surface area contributed by atoms with Gasteiger partial charge in [-0.05, 0) is 17.7 Å². The fourth-order valence-corrected chi connectivity index (χ4v) is 1.04. The molecule has 15 heavy (non-hydrogen) atoms. The Morgan fingerprint density at radius 1 is 1.60 bits per heavy atom. The number of hydrogen-bond acceptors (Lipinski definition) is 3. The summed E-state index contributed by atoms with van der Waals surface area (Å²) < 4.78 is 9.95. The van der Waals surface area contributed by atoms with Gasteiger partial charge in [-0.3, -0.25) is 0 Å². The molecule has 0 saturated heterocycles. The van der Waals surface area contributed by atoms with E-state index in [0.717, 1.165) is 17.4 Å². The zero-order chi connectivity index (χ0) is 11.1. The average Bonchev–Trinajstić information content (AvgIpc) is 2.27. The zero-order valence-electron chi connectivity index (χ0n) is 8.53. The number of ether oxygens (including phenoxy) is 2. The van der Waals surface area contributed by atoms with Crippen LogP contribution in [-0.2, 0) is 16.1 Å². The number of methoxy groups -OCH3 is 1. The zero-order valence-corrected chi connectivity index (χ0v) is 8.53. The third-order valence-corrected chi connectivity index (χ3v) is 1.74. The minimum absolute atomic E-state index is 0.216. The molecule has 0 aliphatic carbocycles. The highest BCUT2D eigenvalue weighted by Crippen LogP contribution is 2.13. The van der Waals surface area contributed by atoms with E-state index in [9.17, 15) is 4.79 Å². The Morgan fingerprint density at radius 3 is 3.07 bits per heavy atom. The van der Waals surface area contributed by atoms with E-state index in [1.807, 2.05) is 24.3 Å². The van der Waals surface area contributed by atoms with E-state index in [0.29, 0.717) is 0 Å². The van der Waals surface area contributed by atoms with Crippen molar-refractivity contribution < 1.29 is 14.3 Å². The maximum atomic E-state index is 11.0. The number of esters is 1. The van der Waals surface area contributed by atoms with E-state index in [4.69, 9.17) is 9.47 Å². The first kappa shape index (κ1) is 11.1. The molecule has 0 atom stereocenters. The largest absolute Gasteiger partial charge is 0.497 e. The van der Waals surface area contributed by atoms with Gasteiger partial charge in [-0.1, -0.05) is 18.7 Å². The topological polar surface area (TPSA) is 35.5 Å². The summed E-state index contributed by atoms with van der Waals surface area (Å²) in [5, 5.41) is 0. The molecule has 0 spiro atoms. The lowest BCUT2D eigenvalue weighted by molar-refractivity contribution is -0.138. The first-order valence-electron chi connectivity index (χ1n) is 4.42. The van der Waals surface area contributed by atoms with Crippen LogP contribution in [0.3, 0.4) is 0 Å². The molecule has 3 heteroatoms. The highest BCUT2D eigenvalue weighted by molar-refractivity contribution is 5.81. The lowest BCUT2D eigenvalue weighted by Gasteiger charge is -2.04. The van der Waals surface area contributed by atoms with Gasteiger partial charge in [-0.2, -0.15) is 0 Å². The quantitative estimate of drug-likeness (QED) is 0.428. The normalized spacial score (nSPS) is 8.87. The van der Waals surface area contributed by atoms with Gasteiger partial charge in [0.05, 0.1) is 13.2 Å². The van der Waals surface area contributed by atoms with Crippen LogP contribution in [0.1, 0.15) is 5.56 Å². The molecule has 0 aliphatic rings. The molecule has 0 N–H and O–H groups in total. The summed E-state index contributed by atoms with van der Waals surface area (Å²) in [6.45, 7) is 3.50. The van der Waals surface area contributed by atoms with Crippen LogP contribution in [0.2, 0.25) is 0 Å². The Balaban J connectivity index is 2.57.